The van der Waals surface area contributed by atoms with E-state index in [2.05, 4.69) is 33.0 Å². The lowest BCUT2D eigenvalue weighted by molar-refractivity contribution is 0.00126. The first-order valence-corrected chi connectivity index (χ1v) is 8.60. The van der Waals surface area contributed by atoms with E-state index >= 15 is 0 Å². The third kappa shape index (κ3) is 5.04. The summed E-state index contributed by atoms with van der Waals surface area (Å²) in [5.41, 5.74) is 0.577. The van der Waals surface area contributed by atoms with E-state index < -0.39 is 0 Å². The Morgan fingerprint density at radius 2 is 1.85 bits per heavy atom. The quantitative estimate of drug-likeness (QED) is 0.747. The van der Waals surface area contributed by atoms with Crippen LogP contribution in [0, 0.1) is 17.3 Å². The molecule has 2 aliphatic rings. The number of nitrogens with one attached hydrogen (secondary N) is 1. The smallest absolute Gasteiger partial charge is 0.0622 e. The Kier molecular flexibility index (Phi) is 5.18. The molecule has 0 bridgehead atoms. The highest BCUT2D eigenvalue weighted by Gasteiger charge is 2.36. The Morgan fingerprint density at radius 3 is 2.45 bits per heavy atom. The van der Waals surface area contributed by atoms with Crippen molar-refractivity contribution in [1.29, 1.82) is 0 Å². The van der Waals surface area contributed by atoms with Crippen molar-refractivity contribution < 1.29 is 4.74 Å². The summed E-state index contributed by atoms with van der Waals surface area (Å²) in [7, 11) is 1.84. The Bertz CT molecular complexity index is 305. The maximum Gasteiger partial charge on any atom is 0.0622 e. The van der Waals surface area contributed by atoms with Gasteiger partial charge in [0.25, 0.3) is 0 Å². The van der Waals surface area contributed by atoms with E-state index in [0.29, 0.717) is 5.41 Å². The fourth-order valence-electron chi connectivity index (χ4n) is 3.64. The number of hydrogen-bond donors (Lipinski definition) is 1. The largest absolute Gasteiger partial charge is 0.379 e. The molecule has 2 unspecified atom stereocenters. The van der Waals surface area contributed by atoms with Crippen molar-refractivity contribution >= 4 is 0 Å². The van der Waals surface area contributed by atoms with E-state index in [9.17, 15) is 0 Å². The van der Waals surface area contributed by atoms with Crippen LogP contribution in [0.3, 0.4) is 0 Å². The Morgan fingerprint density at radius 1 is 1.15 bits per heavy atom. The van der Waals surface area contributed by atoms with Crippen LogP contribution in [-0.4, -0.2) is 25.3 Å². The van der Waals surface area contributed by atoms with E-state index in [4.69, 9.17) is 4.74 Å². The van der Waals surface area contributed by atoms with Crippen LogP contribution >= 0.6 is 0 Å². The van der Waals surface area contributed by atoms with Crippen molar-refractivity contribution in [2.75, 3.05) is 13.7 Å². The molecule has 0 radical (unpaired) electrons. The summed E-state index contributed by atoms with van der Waals surface area (Å²) in [6.07, 6.45) is 9.51. The average Bonchev–Trinajstić information content (AvgIpc) is 3.19. The maximum absolute atomic E-state index is 5.61. The topological polar surface area (TPSA) is 21.3 Å². The van der Waals surface area contributed by atoms with Crippen LogP contribution in [0.15, 0.2) is 0 Å². The lowest BCUT2D eigenvalue weighted by Gasteiger charge is -2.42. The summed E-state index contributed by atoms with van der Waals surface area (Å²) in [5.74, 6) is 1.76. The summed E-state index contributed by atoms with van der Waals surface area (Å²) in [4.78, 5) is 0. The number of hydrogen-bond acceptors (Lipinski definition) is 2. The van der Waals surface area contributed by atoms with Gasteiger partial charge in [0.05, 0.1) is 5.60 Å². The minimum atomic E-state index is 0.0378. The molecule has 2 nitrogen and oxygen atoms in total. The second-order valence-electron chi connectivity index (χ2n) is 8.61. The van der Waals surface area contributed by atoms with Crippen LogP contribution in [0.4, 0.5) is 0 Å². The van der Waals surface area contributed by atoms with Crippen LogP contribution in [0.2, 0.25) is 0 Å². The monoisotopic (exact) mass is 281 g/mol. The van der Waals surface area contributed by atoms with Gasteiger partial charge in [0.2, 0.25) is 0 Å². The highest BCUT2D eigenvalue weighted by molar-refractivity contribution is 4.89. The van der Waals surface area contributed by atoms with Crippen molar-refractivity contribution in [3.05, 3.63) is 0 Å². The summed E-state index contributed by atoms with van der Waals surface area (Å²) >= 11 is 0. The molecule has 0 saturated heterocycles. The van der Waals surface area contributed by atoms with Crippen molar-refractivity contribution in [2.45, 2.75) is 84.3 Å². The Balaban J connectivity index is 1.87. The second kappa shape index (κ2) is 6.36. The molecule has 20 heavy (non-hydrogen) atoms. The predicted molar refractivity (Wildman–Crippen MR) is 86.0 cm³/mol. The van der Waals surface area contributed by atoms with Gasteiger partial charge in [0.1, 0.15) is 0 Å². The van der Waals surface area contributed by atoms with E-state index in [-0.39, 0.29) is 5.60 Å². The summed E-state index contributed by atoms with van der Waals surface area (Å²) in [6, 6.07) is 0.848. The van der Waals surface area contributed by atoms with E-state index in [1.807, 2.05) is 7.11 Å². The number of rotatable bonds is 7. The minimum absolute atomic E-state index is 0.0378. The molecule has 2 heteroatoms. The van der Waals surface area contributed by atoms with Gasteiger partial charge in [0.15, 0.2) is 0 Å². The fraction of sp³-hybridized carbons (Fsp3) is 1.00. The van der Waals surface area contributed by atoms with Crippen LogP contribution in [0.5, 0.6) is 0 Å². The lowest BCUT2D eigenvalue weighted by atomic mass is 9.65. The van der Waals surface area contributed by atoms with E-state index in [0.717, 1.165) is 17.9 Å². The molecule has 0 aromatic rings. The zero-order valence-corrected chi connectivity index (χ0v) is 14.3. The molecule has 0 aromatic carbocycles. The molecule has 0 spiro atoms. The summed E-state index contributed by atoms with van der Waals surface area (Å²) < 4.78 is 5.61. The van der Waals surface area contributed by atoms with Crippen molar-refractivity contribution in [1.82, 2.24) is 5.32 Å². The van der Waals surface area contributed by atoms with Gasteiger partial charge >= 0.3 is 0 Å². The van der Waals surface area contributed by atoms with Gasteiger partial charge < -0.3 is 10.1 Å². The molecule has 2 rings (SSSR count). The van der Waals surface area contributed by atoms with Gasteiger partial charge in [-0.3, -0.25) is 0 Å². The van der Waals surface area contributed by atoms with Gasteiger partial charge in [-0.05, 0) is 82.6 Å². The van der Waals surface area contributed by atoms with Crippen LogP contribution in [0.1, 0.15) is 72.6 Å². The van der Waals surface area contributed by atoms with Crippen molar-refractivity contribution in [3.8, 4) is 0 Å². The molecule has 0 heterocycles. The molecule has 1 N–H and O–H groups in total. The van der Waals surface area contributed by atoms with E-state index in [1.165, 1.54) is 51.5 Å². The zero-order valence-electron chi connectivity index (χ0n) is 14.3. The number of methoxy groups -OCH3 is 1. The standard InChI is InChI=1S/C18H35NO/c1-17(2)10-8-15(13-19-16-6-7-16)14(12-17)9-11-18(3,4)20-5/h14-16,19H,6-13H2,1-5H3. The average molecular weight is 281 g/mol. The molecule has 2 aliphatic carbocycles. The van der Waals surface area contributed by atoms with Crippen molar-refractivity contribution in [2.24, 2.45) is 17.3 Å². The second-order valence-corrected chi connectivity index (χ2v) is 8.61. The van der Waals surface area contributed by atoms with E-state index in [1.54, 1.807) is 0 Å². The summed E-state index contributed by atoms with van der Waals surface area (Å²) in [5, 5.41) is 3.76. The zero-order chi connectivity index (χ0) is 14.8. The van der Waals surface area contributed by atoms with Gasteiger partial charge in [-0.1, -0.05) is 13.8 Å². The van der Waals surface area contributed by atoms with Crippen molar-refractivity contribution in [3.63, 3.8) is 0 Å². The highest BCUT2D eigenvalue weighted by Crippen LogP contribution is 2.44. The highest BCUT2D eigenvalue weighted by atomic mass is 16.5. The number of ether oxygens (including phenoxy) is 1. The first-order valence-electron chi connectivity index (χ1n) is 8.60. The van der Waals surface area contributed by atoms with Crippen LogP contribution < -0.4 is 5.32 Å². The molecule has 2 atom stereocenters. The van der Waals surface area contributed by atoms with Crippen LogP contribution in [-0.2, 0) is 4.74 Å². The Labute approximate surface area is 126 Å². The maximum atomic E-state index is 5.61. The third-order valence-corrected chi connectivity index (χ3v) is 5.59. The SMILES string of the molecule is COC(C)(C)CCC1CC(C)(C)CCC1CNC1CC1. The van der Waals surface area contributed by atoms with Gasteiger partial charge in [-0.2, -0.15) is 0 Å². The molecular weight excluding hydrogens is 246 g/mol. The van der Waals surface area contributed by atoms with Crippen LogP contribution in [0.25, 0.3) is 0 Å². The first-order chi connectivity index (χ1) is 9.31. The minimum Gasteiger partial charge on any atom is -0.379 e. The Hall–Kier alpha value is -0.0800. The first kappa shape index (κ1) is 16.3. The molecule has 0 amide bonds. The fourth-order valence-corrected chi connectivity index (χ4v) is 3.64. The lowest BCUT2D eigenvalue weighted by Crippen LogP contribution is -2.37. The molecule has 0 aromatic heterocycles. The van der Waals surface area contributed by atoms with Gasteiger partial charge in [-0.25, -0.2) is 0 Å². The summed E-state index contributed by atoms with van der Waals surface area (Å²) in [6.45, 7) is 10.6. The van der Waals surface area contributed by atoms with Gasteiger partial charge in [-0.15, -0.1) is 0 Å². The molecule has 2 fully saturated rings. The van der Waals surface area contributed by atoms with Gasteiger partial charge in [0, 0.05) is 13.2 Å². The molecular formula is C18H35NO. The third-order valence-electron chi connectivity index (χ3n) is 5.59. The molecule has 0 aliphatic heterocycles. The molecule has 2 saturated carbocycles. The normalized spacial score (nSPS) is 30.4. The predicted octanol–water partition coefficient (Wildman–Crippen LogP) is 4.39. The molecule has 118 valence electrons.